The molecule has 0 aromatic rings. The van der Waals surface area contributed by atoms with Gasteiger partial charge in [-0.2, -0.15) is 0 Å². The smallest absolute Gasteiger partial charge is 0.237 e. The van der Waals surface area contributed by atoms with Crippen LogP contribution in [-0.2, 0) is 4.79 Å². The van der Waals surface area contributed by atoms with Gasteiger partial charge in [0.2, 0.25) is 5.91 Å². The van der Waals surface area contributed by atoms with E-state index in [0.717, 1.165) is 18.8 Å². The minimum atomic E-state index is -0.0902. The average Bonchev–Trinajstić information content (AvgIpc) is 2.67. The van der Waals surface area contributed by atoms with Crippen molar-refractivity contribution < 1.29 is 4.79 Å². The molecule has 0 radical (unpaired) electrons. The maximum atomic E-state index is 12.1. The molecule has 0 aromatic carbocycles. The van der Waals surface area contributed by atoms with Gasteiger partial charge in [0.15, 0.2) is 0 Å². The molecule has 0 aromatic heterocycles. The number of hydrogen-bond acceptors (Lipinski definition) is 2. The fraction of sp³-hybridized carbons (Fsp3) is 0.941. The Balaban J connectivity index is 2.35. The molecule has 0 heterocycles. The molecule has 0 bridgehead atoms. The van der Waals surface area contributed by atoms with Crippen LogP contribution in [-0.4, -0.2) is 24.0 Å². The molecule has 3 nitrogen and oxygen atoms in total. The van der Waals surface area contributed by atoms with Crippen molar-refractivity contribution in [3.8, 4) is 0 Å². The van der Waals surface area contributed by atoms with Crippen LogP contribution in [0.3, 0.4) is 0 Å². The van der Waals surface area contributed by atoms with Gasteiger partial charge in [-0.1, -0.05) is 39.0 Å². The zero-order valence-electron chi connectivity index (χ0n) is 13.9. The first-order valence-electron chi connectivity index (χ1n) is 8.61. The summed E-state index contributed by atoms with van der Waals surface area (Å²) in [6.45, 7) is 8.47. The van der Waals surface area contributed by atoms with Crippen molar-refractivity contribution in [2.75, 3.05) is 0 Å². The third-order valence-electron chi connectivity index (χ3n) is 4.62. The Morgan fingerprint density at radius 2 is 1.70 bits per heavy atom. The van der Waals surface area contributed by atoms with Crippen molar-refractivity contribution in [2.24, 2.45) is 5.92 Å². The summed E-state index contributed by atoms with van der Waals surface area (Å²) >= 11 is 0. The molecule has 2 unspecified atom stereocenters. The minimum absolute atomic E-state index is 0.0902. The molecule has 1 aliphatic carbocycles. The second-order valence-corrected chi connectivity index (χ2v) is 6.63. The third-order valence-corrected chi connectivity index (χ3v) is 4.62. The second-order valence-electron chi connectivity index (χ2n) is 6.63. The summed E-state index contributed by atoms with van der Waals surface area (Å²) in [6.07, 6.45) is 10.3. The first kappa shape index (κ1) is 17.5. The Hall–Kier alpha value is -0.570. The van der Waals surface area contributed by atoms with Gasteiger partial charge in [-0.05, 0) is 46.0 Å². The van der Waals surface area contributed by atoms with Crippen LogP contribution in [0.2, 0.25) is 0 Å². The van der Waals surface area contributed by atoms with Gasteiger partial charge in [0.05, 0.1) is 6.04 Å². The molecular weight excluding hydrogens is 248 g/mol. The number of nitrogens with one attached hydrogen (secondary N) is 2. The fourth-order valence-electron chi connectivity index (χ4n) is 3.29. The van der Waals surface area contributed by atoms with E-state index in [1.54, 1.807) is 0 Å². The van der Waals surface area contributed by atoms with E-state index in [1.807, 2.05) is 6.92 Å². The lowest BCUT2D eigenvalue weighted by atomic mass is 9.92. The molecule has 1 aliphatic rings. The third kappa shape index (κ3) is 6.25. The molecule has 1 amide bonds. The normalized spacial score (nSPS) is 21.8. The summed E-state index contributed by atoms with van der Waals surface area (Å²) in [5, 5.41) is 6.61. The van der Waals surface area contributed by atoms with E-state index in [9.17, 15) is 4.79 Å². The van der Waals surface area contributed by atoms with Gasteiger partial charge in [0, 0.05) is 12.1 Å². The molecule has 1 fully saturated rings. The predicted molar refractivity (Wildman–Crippen MR) is 85.8 cm³/mol. The van der Waals surface area contributed by atoms with Crippen LogP contribution >= 0.6 is 0 Å². The van der Waals surface area contributed by atoms with Crippen LogP contribution in [0.1, 0.15) is 79.1 Å². The van der Waals surface area contributed by atoms with E-state index in [1.165, 1.54) is 38.5 Å². The highest BCUT2D eigenvalue weighted by Crippen LogP contribution is 2.25. The predicted octanol–water partition coefficient (Wildman–Crippen LogP) is 3.63. The van der Waals surface area contributed by atoms with Crippen molar-refractivity contribution in [3.63, 3.8) is 0 Å². The maximum absolute atomic E-state index is 12.1. The molecule has 3 atom stereocenters. The van der Waals surface area contributed by atoms with Gasteiger partial charge >= 0.3 is 0 Å². The van der Waals surface area contributed by atoms with Crippen molar-refractivity contribution in [2.45, 2.75) is 97.2 Å². The molecule has 2 N–H and O–H groups in total. The van der Waals surface area contributed by atoms with Crippen molar-refractivity contribution >= 4 is 5.91 Å². The van der Waals surface area contributed by atoms with Crippen LogP contribution in [0.15, 0.2) is 0 Å². The number of hydrogen-bond donors (Lipinski definition) is 2. The van der Waals surface area contributed by atoms with Crippen molar-refractivity contribution in [1.82, 2.24) is 10.6 Å². The molecule has 0 saturated heterocycles. The van der Waals surface area contributed by atoms with E-state index in [2.05, 4.69) is 31.4 Å². The quantitative estimate of drug-likeness (QED) is 0.700. The lowest BCUT2D eigenvalue weighted by molar-refractivity contribution is -0.123. The molecule has 20 heavy (non-hydrogen) atoms. The summed E-state index contributed by atoms with van der Waals surface area (Å²) in [5.74, 6) is 0.882. The van der Waals surface area contributed by atoms with Gasteiger partial charge < -0.3 is 10.6 Å². The topological polar surface area (TPSA) is 41.1 Å². The van der Waals surface area contributed by atoms with Crippen molar-refractivity contribution in [1.29, 1.82) is 0 Å². The molecule has 1 saturated carbocycles. The molecule has 118 valence electrons. The Morgan fingerprint density at radius 3 is 2.25 bits per heavy atom. The summed E-state index contributed by atoms with van der Waals surface area (Å²) in [5.41, 5.74) is 0. The molecule has 0 aliphatic heterocycles. The van der Waals surface area contributed by atoms with E-state index >= 15 is 0 Å². The standard InChI is InChI=1S/C17H34N2O/c1-5-10-13(2)18-17(20)15(4)19-14(3)16-11-8-6-7-9-12-16/h13-16,19H,5-12H2,1-4H3,(H,18,20)/t13?,14-,15?/m0/s1. The Labute approximate surface area is 125 Å². The van der Waals surface area contributed by atoms with Crippen LogP contribution in [0.4, 0.5) is 0 Å². The van der Waals surface area contributed by atoms with E-state index < -0.39 is 0 Å². The van der Waals surface area contributed by atoms with Gasteiger partial charge in [0.25, 0.3) is 0 Å². The number of carbonyl (C=O) groups is 1. The summed E-state index contributed by atoms with van der Waals surface area (Å²) in [4.78, 5) is 12.1. The number of rotatable bonds is 7. The largest absolute Gasteiger partial charge is 0.352 e. The van der Waals surface area contributed by atoms with Crippen LogP contribution in [0, 0.1) is 5.92 Å². The molecule has 1 rings (SSSR count). The lowest BCUT2D eigenvalue weighted by Crippen LogP contribution is -2.49. The maximum Gasteiger partial charge on any atom is 0.237 e. The molecule has 0 spiro atoms. The summed E-state index contributed by atoms with van der Waals surface area (Å²) < 4.78 is 0. The van der Waals surface area contributed by atoms with Gasteiger partial charge in [0.1, 0.15) is 0 Å². The van der Waals surface area contributed by atoms with Crippen molar-refractivity contribution in [3.05, 3.63) is 0 Å². The van der Waals surface area contributed by atoms with E-state index in [-0.39, 0.29) is 18.0 Å². The zero-order chi connectivity index (χ0) is 15.0. The Bertz CT molecular complexity index is 272. The Morgan fingerprint density at radius 1 is 1.10 bits per heavy atom. The first-order chi connectivity index (χ1) is 9.54. The van der Waals surface area contributed by atoms with Crippen LogP contribution in [0.5, 0.6) is 0 Å². The van der Waals surface area contributed by atoms with Crippen LogP contribution < -0.4 is 10.6 Å². The number of amides is 1. The van der Waals surface area contributed by atoms with Gasteiger partial charge in [-0.3, -0.25) is 4.79 Å². The summed E-state index contributed by atoms with van der Waals surface area (Å²) in [7, 11) is 0. The van der Waals surface area contributed by atoms with E-state index in [4.69, 9.17) is 0 Å². The SMILES string of the molecule is CCCC(C)NC(=O)C(C)N[C@@H](C)C1CCCCCC1. The molecular formula is C17H34N2O. The zero-order valence-corrected chi connectivity index (χ0v) is 13.9. The van der Waals surface area contributed by atoms with E-state index in [0.29, 0.717) is 6.04 Å². The second kappa shape index (κ2) is 9.38. The first-order valence-corrected chi connectivity index (χ1v) is 8.61. The highest BCUT2D eigenvalue weighted by Gasteiger charge is 2.23. The van der Waals surface area contributed by atoms with Crippen LogP contribution in [0.25, 0.3) is 0 Å². The highest BCUT2D eigenvalue weighted by atomic mass is 16.2. The average molecular weight is 282 g/mol. The fourth-order valence-corrected chi connectivity index (χ4v) is 3.29. The molecule has 3 heteroatoms. The Kier molecular flexibility index (Phi) is 8.20. The van der Waals surface area contributed by atoms with Gasteiger partial charge in [-0.25, -0.2) is 0 Å². The summed E-state index contributed by atoms with van der Waals surface area (Å²) in [6, 6.07) is 0.632. The monoisotopic (exact) mass is 282 g/mol. The lowest BCUT2D eigenvalue weighted by Gasteiger charge is -2.27. The minimum Gasteiger partial charge on any atom is -0.352 e. The number of carbonyl (C=O) groups excluding carboxylic acids is 1. The van der Waals surface area contributed by atoms with Gasteiger partial charge in [-0.15, -0.1) is 0 Å². The highest BCUT2D eigenvalue weighted by molar-refractivity contribution is 5.81.